The molecule has 0 spiro atoms. The monoisotopic (exact) mass is 417 g/mol. The van der Waals surface area contributed by atoms with Crippen molar-refractivity contribution in [1.29, 1.82) is 0 Å². The van der Waals surface area contributed by atoms with Crippen molar-refractivity contribution in [2.24, 2.45) is 0 Å². The van der Waals surface area contributed by atoms with Gasteiger partial charge < -0.3 is 25.4 Å². The molecule has 0 bridgehead atoms. The number of nitrogens with zero attached hydrogens (tertiary/aromatic N) is 3. The highest BCUT2D eigenvalue weighted by Crippen LogP contribution is 2.30. The second kappa shape index (κ2) is 8.93. The van der Waals surface area contributed by atoms with E-state index in [1.54, 1.807) is 11.8 Å². The number of ketones is 1. The number of likely N-dealkylation sites (tertiary alicyclic amines) is 1. The SMILES string of the molecule is COc1cc(F)c(C(=O)c2cnc(NC3CCN(C(C)=O)CC3)nc2N)c(OC)c1. The van der Waals surface area contributed by atoms with Crippen LogP contribution in [-0.4, -0.2) is 59.9 Å². The first-order valence-corrected chi connectivity index (χ1v) is 9.44. The molecule has 0 aliphatic carbocycles. The van der Waals surface area contributed by atoms with Crippen LogP contribution in [0.3, 0.4) is 0 Å². The van der Waals surface area contributed by atoms with E-state index in [-0.39, 0.29) is 46.3 Å². The van der Waals surface area contributed by atoms with Crippen molar-refractivity contribution in [2.75, 3.05) is 38.4 Å². The van der Waals surface area contributed by atoms with Gasteiger partial charge in [0.05, 0.1) is 19.8 Å². The topological polar surface area (TPSA) is 120 Å². The Hall–Kier alpha value is -3.43. The summed E-state index contributed by atoms with van der Waals surface area (Å²) in [5.41, 5.74) is 5.67. The van der Waals surface area contributed by atoms with E-state index < -0.39 is 11.6 Å². The minimum absolute atomic E-state index is 0.0238. The second-order valence-corrected chi connectivity index (χ2v) is 6.93. The summed E-state index contributed by atoms with van der Waals surface area (Å²) in [4.78, 5) is 34.4. The van der Waals surface area contributed by atoms with Crippen LogP contribution in [0, 0.1) is 5.82 Å². The van der Waals surface area contributed by atoms with Crippen molar-refractivity contribution in [3.8, 4) is 11.5 Å². The fourth-order valence-electron chi connectivity index (χ4n) is 3.35. The Morgan fingerprint density at radius 3 is 2.50 bits per heavy atom. The molecule has 0 saturated carbocycles. The number of anilines is 2. The summed E-state index contributed by atoms with van der Waals surface area (Å²) >= 11 is 0. The highest BCUT2D eigenvalue weighted by atomic mass is 19.1. The van der Waals surface area contributed by atoms with Gasteiger partial charge in [0.2, 0.25) is 17.6 Å². The van der Waals surface area contributed by atoms with Gasteiger partial charge in [-0.05, 0) is 12.8 Å². The number of halogens is 1. The summed E-state index contributed by atoms with van der Waals surface area (Å²) in [6, 6.07) is 2.59. The number of carbonyl (C=O) groups is 2. The number of ether oxygens (including phenoxy) is 2. The predicted octanol–water partition coefficient (Wildman–Crippen LogP) is 1.87. The Bertz CT molecular complexity index is 960. The molecular weight excluding hydrogens is 393 g/mol. The molecule has 1 aromatic heterocycles. The third-order valence-corrected chi connectivity index (χ3v) is 5.05. The zero-order valence-corrected chi connectivity index (χ0v) is 17.1. The molecule has 0 unspecified atom stereocenters. The molecule has 10 heteroatoms. The Morgan fingerprint density at radius 1 is 1.23 bits per heavy atom. The number of amides is 1. The van der Waals surface area contributed by atoms with Crippen molar-refractivity contribution < 1.29 is 23.5 Å². The number of benzene rings is 1. The van der Waals surface area contributed by atoms with Crippen LogP contribution in [-0.2, 0) is 4.79 Å². The lowest BCUT2D eigenvalue weighted by Crippen LogP contribution is -2.41. The lowest BCUT2D eigenvalue weighted by Gasteiger charge is -2.31. The molecule has 160 valence electrons. The van der Waals surface area contributed by atoms with E-state index >= 15 is 0 Å². The smallest absolute Gasteiger partial charge is 0.224 e. The average molecular weight is 417 g/mol. The number of rotatable bonds is 6. The van der Waals surface area contributed by atoms with Crippen molar-refractivity contribution >= 4 is 23.5 Å². The number of methoxy groups -OCH3 is 2. The maximum absolute atomic E-state index is 14.5. The molecule has 2 heterocycles. The van der Waals surface area contributed by atoms with Crippen molar-refractivity contribution in [3.63, 3.8) is 0 Å². The van der Waals surface area contributed by atoms with E-state index in [1.807, 2.05) is 0 Å². The van der Waals surface area contributed by atoms with E-state index in [0.717, 1.165) is 18.9 Å². The van der Waals surface area contributed by atoms with Crippen LogP contribution in [0.1, 0.15) is 35.7 Å². The maximum Gasteiger partial charge on any atom is 0.224 e. The largest absolute Gasteiger partial charge is 0.497 e. The van der Waals surface area contributed by atoms with Gasteiger partial charge in [0.15, 0.2) is 0 Å². The molecule has 9 nitrogen and oxygen atoms in total. The molecule has 1 amide bonds. The minimum atomic E-state index is -0.796. The van der Waals surface area contributed by atoms with E-state index in [2.05, 4.69) is 15.3 Å². The van der Waals surface area contributed by atoms with E-state index in [1.165, 1.54) is 26.5 Å². The number of hydrogen-bond donors (Lipinski definition) is 2. The zero-order chi connectivity index (χ0) is 21.8. The predicted molar refractivity (Wildman–Crippen MR) is 108 cm³/mol. The second-order valence-electron chi connectivity index (χ2n) is 6.93. The van der Waals surface area contributed by atoms with E-state index in [4.69, 9.17) is 15.2 Å². The van der Waals surface area contributed by atoms with Crippen LogP contribution < -0.4 is 20.5 Å². The first-order chi connectivity index (χ1) is 14.3. The highest BCUT2D eigenvalue weighted by molar-refractivity contribution is 6.13. The summed E-state index contributed by atoms with van der Waals surface area (Å²) in [6.07, 6.45) is 2.76. The van der Waals surface area contributed by atoms with Crippen molar-refractivity contribution in [3.05, 3.63) is 35.3 Å². The summed E-state index contributed by atoms with van der Waals surface area (Å²) in [5.74, 6) is -0.988. The number of piperidine rings is 1. The summed E-state index contributed by atoms with van der Waals surface area (Å²) in [5, 5.41) is 3.17. The van der Waals surface area contributed by atoms with Crippen LogP contribution in [0.4, 0.5) is 16.2 Å². The van der Waals surface area contributed by atoms with Gasteiger partial charge in [0.1, 0.15) is 28.7 Å². The van der Waals surface area contributed by atoms with Gasteiger partial charge in [0, 0.05) is 44.4 Å². The molecule has 0 atom stereocenters. The average Bonchev–Trinajstić information content (AvgIpc) is 2.73. The van der Waals surface area contributed by atoms with Crippen LogP contribution in [0.2, 0.25) is 0 Å². The number of nitrogens with two attached hydrogens (primary N) is 1. The third kappa shape index (κ3) is 4.42. The molecule has 3 N–H and O–H groups in total. The van der Waals surface area contributed by atoms with Gasteiger partial charge in [-0.25, -0.2) is 9.37 Å². The molecular formula is C20H24FN5O4. The first kappa shape index (κ1) is 21.3. The van der Waals surface area contributed by atoms with E-state index in [9.17, 15) is 14.0 Å². The molecule has 0 radical (unpaired) electrons. The molecule has 1 aliphatic heterocycles. The maximum atomic E-state index is 14.5. The number of aromatic nitrogens is 2. The lowest BCUT2D eigenvalue weighted by atomic mass is 10.0. The quantitative estimate of drug-likeness (QED) is 0.684. The highest BCUT2D eigenvalue weighted by Gasteiger charge is 2.25. The zero-order valence-electron chi connectivity index (χ0n) is 17.1. The molecule has 1 fully saturated rings. The number of hydrogen-bond acceptors (Lipinski definition) is 8. The minimum Gasteiger partial charge on any atom is -0.497 e. The van der Waals surface area contributed by atoms with Crippen molar-refractivity contribution in [1.82, 2.24) is 14.9 Å². The van der Waals surface area contributed by atoms with Gasteiger partial charge in [-0.15, -0.1) is 0 Å². The van der Waals surface area contributed by atoms with Crippen molar-refractivity contribution in [2.45, 2.75) is 25.8 Å². The fraction of sp³-hybridized carbons (Fsp3) is 0.400. The Morgan fingerprint density at radius 2 is 1.93 bits per heavy atom. The lowest BCUT2D eigenvalue weighted by molar-refractivity contribution is -0.129. The van der Waals surface area contributed by atoms with Gasteiger partial charge in [0.25, 0.3) is 0 Å². The van der Waals surface area contributed by atoms with Gasteiger partial charge in [-0.3, -0.25) is 9.59 Å². The van der Waals surface area contributed by atoms with Crippen LogP contribution in [0.5, 0.6) is 11.5 Å². The third-order valence-electron chi connectivity index (χ3n) is 5.05. The number of carbonyl (C=O) groups excluding carboxylic acids is 2. The molecule has 1 saturated heterocycles. The summed E-state index contributed by atoms with van der Waals surface area (Å²) in [7, 11) is 2.71. The Balaban J connectivity index is 1.78. The van der Waals surface area contributed by atoms with Gasteiger partial charge in [-0.2, -0.15) is 4.98 Å². The van der Waals surface area contributed by atoms with Gasteiger partial charge >= 0.3 is 0 Å². The van der Waals surface area contributed by atoms with Crippen LogP contribution >= 0.6 is 0 Å². The molecule has 3 rings (SSSR count). The van der Waals surface area contributed by atoms with Crippen LogP contribution in [0.15, 0.2) is 18.3 Å². The van der Waals surface area contributed by atoms with Crippen LogP contribution in [0.25, 0.3) is 0 Å². The molecule has 1 aliphatic rings. The summed E-state index contributed by atoms with van der Waals surface area (Å²) in [6.45, 7) is 2.85. The number of nitrogen functional groups attached to an aromatic ring is 1. The fourth-order valence-corrected chi connectivity index (χ4v) is 3.35. The Labute approximate surface area is 173 Å². The normalized spacial score (nSPS) is 14.3. The molecule has 2 aromatic rings. The first-order valence-electron chi connectivity index (χ1n) is 9.44. The molecule has 1 aromatic carbocycles. The standard InChI is InChI=1S/C20H24FN5O4/c1-11(27)26-6-4-12(5-7-26)24-20-23-10-14(19(22)25-20)18(28)17-15(21)8-13(29-2)9-16(17)30-3/h8-10,12H,4-7H2,1-3H3,(H3,22,23,24,25). The number of nitrogens with one attached hydrogen (secondary N) is 1. The summed E-state index contributed by atoms with van der Waals surface area (Å²) < 4.78 is 24.7. The molecule has 30 heavy (non-hydrogen) atoms. The Kier molecular flexibility index (Phi) is 6.34. The van der Waals surface area contributed by atoms with Gasteiger partial charge in [-0.1, -0.05) is 0 Å². The van der Waals surface area contributed by atoms with E-state index in [0.29, 0.717) is 13.1 Å².